The third kappa shape index (κ3) is 4.83. The molecule has 1 amide bonds. The van der Waals surface area contributed by atoms with E-state index in [-0.39, 0.29) is 11.9 Å². The van der Waals surface area contributed by atoms with Crippen molar-refractivity contribution in [2.45, 2.75) is 19.5 Å². The maximum absolute atomic E-state index is 13.6. The van der Waals surface area contributed by atoms with Crippen LogP contribution >= 0.6 is 22.7 Å². The number of thiazole rings is 1. The van der Waals surface area contributed by atoms with Gasteiger partial charge in [-0.2, -0.15) is 0 Å². The van der Waals surface area contributed by atoms with Crippen LogP contribution in [0.4, 0.5) is 5.13 Å². The van der Waals surface area contributed by atoms with E-state index in [1.165, 1.54) is 11.3 Å². The van der Waals surface area contributed by atoms with E-state index >= 15 is 0 Å². The average molecular weight is 445 g/mol. The van der Waals surface area contributed by atoms with E-state index in [0.29, 0.717) is 6.54 Å². The highest BCUT2D eigenvalue weighted by Crippen LogP contribution is 2.34. The van der Waals surface area contributed by atoms with Gasteiger partial charge >= 0.3 is 0 Å². The Morgan fingerprint density at radius 1 is 1.20 bits per heavy atom. The largest absolute Gasteiger partial charge is 0.379 e. The summed E-state index contributed by atoms with van der Waals surface area (Å²) in [5, 5.41) is 0.970. The zero-order valence-corrected chi connectivity index (χ0v) is 19.3. The fourth-order valence-electron chi connectivity index (χ4n) is 3.63. The van der Waals surface area contributed by atoms with E-state index in [1.54, 1.807) is 11.3 Å². The monoisotopic (exact) mass is 444 g/mol. The predicted molar refractivity (Wildman–Crippen MR) is 125 cm³/mol. The van der Waals surface area contributed by atoms with Crippen LogP contribution in [0.1, 0.15) is 22.2 Å². The summed E-state index contributed by atoms with van der Waals surface area (Å²) in [4.78, 5) is 26.3. The molecule has 0 spiro atoms. The second-order valence-electron chi connectivity index (χ2n) is 7.85. The lowest BCUT2D eigenvalue weighted by atomic mass is 10.1. The number of amides is 1. The lowest BCUT2D eigenvalue weighted by Gasteiger charge is -2.35. The minimum Gasteiger partial charge on any atom is -0.379 e. The number of carbonyl (C=O) groups excluding carboxylic acids is 1. The fraction of sp³-hybridized carbons (Fsp3) is 0.455. The van der Waals surface area contributed by atoms with Gasteiger partial charge in [0.2, 0.25) is 0 Å². The average Bonchev–Trinajstić information content (AvgIpc) is 3.32. The Bertz CT molecular complexity index is 948. The van der Waals surface area contributed by atoms with Crippen LogP contribution in [0, 0.1) is 0 Å². The number of hydrogen-bond donors (Lipinski definition) is 0. The van der Waals surface area contributed by atoms with Crippen LogP contribution in [-0.4, -0.2) is 73.7 Å². The Morgan fingerprint density at radius 2 is 1.93 bits per heavy atom. The van der Waals surface area contributed by atoms with Crippen molar-refractivity contribution in [2.24, 2.45) is 0 Å². The van der Waals surface area contributed by atoms with E-state index in [0.717, 1.165) is 58.0 Å². The molecule has 30 heavy (non-hydrogen) atoms. The van der Waals surface area contributed by atoms with Gasteiger partial charge in [0.1, 0.15) is 4.83 Å². The van der Waals surface area contributed by atoms with E-state index in [2.05, 4.69) is 28.9 Å². The predicted octanol–water partition coefficient (Wildman–Crippen LogP) is 3.79. The van der Waals surface area contributed by atoms with Gasteiger partial charge in [0.05, 0.1) is 22.8 Å². The molecule has 0 saturated carbocycles. The Kier molecular flexibility index (Phi) is 6.67. The van der Waals surface area contributed by atoms with Gasteiger partial charge in [0.15, 0.2) is 5.13 Å². The van der Waals surface area contributed by atoms with Crippen molar-refractivity contribution >= 4 is 43.2 Å². The number of anilines is 1. The summed E-state index contributed by atoms with van der Waals surface area (Å²) in [5.74, 6) is 0.0845. The van der Waals surface area contributed by atoms with Gasteiger partial charge in [-0.25, -0.2) is 4.98 Å². The molecule has 1 aliphatic heterocycles. The summed E-state index contributed by atoms with van der Waals surface area (Å²) in [5.41, 5.74) is 1.14. The first-order valence-corrected chi connectivity index (χ1v) is 11.9. The minimum atomic E-state index is 0.0845. The van der Waals surface area contributed by atoms with Crippen molar-refractivity contribution in [3.63, 3.8) is 0 Å². The topological polar surface area (TPSA) is 48.9 Å². The van der Waals surface area contributed by atoms with E-state index in [4.69, 9.17) is 4.74 Å². The van der Waals surface area contributed by atoms with Crippen LogP contribution in [0.3, 0.4) is 0 Å². The number of rotatable bonds is 7. The minimum absolute atomic E-state index is 0.0845. The molecule has 0 bridgehead atoms. The number of ether oxygens (including phenoxy) is 1. The van der Waals surface area contributed by atoms with Gasteiger partial charge < -0.3 is 14.5 Å². The third-order valence-corrected chi connectivity index (χ3v) is 7.60. The highest BCUT2D eigenvalue weighted by Gasteiger charge is 2.26. The zero-order chi connectivity index (χ0) is 21.1. The number of aromatic nitrogens is 1. The smallest absolute Gasteiger partial charge is 0.264 e. The number of benzene rings is 1. The highest BCUT2D eigenvalue weighted by molar-refractivity contribution is 7.29. The number of nitrogens with zero attached hydrogens (tertiary/aromatic N) is 4. The van der Waals surface area contributed by atoms with Crippen LogP contribution in [0.15, 0.2) is 36.4 Å². The maximum atomic E-state index is 13.6. The van der Waals surface area contributed by atoms with Crippen molar-refractivity contribution in [2.75, 3.05) is 51.8 Å². The van der Waals surface area contributed by atoms with E-state index in [1.807, 2.05) is 48.2 Å². The molecule has 2 aromatic heterocycles. The summed E-state index contributed by atoms with van der Waals surface area (Å²) < 4.78 is 6.55. The molecule has 160 valence electrons. The second kappa shape index (κ2) is 9.43. The normalized spacial score (nSPS) is 16.0. The van der Waals surface area contributed by atoms with Gasteiger partial charge in [-0.05, 0) is 18.6 Å². The number of carbonyl (C=O) groups is 1. The molecule has 1 atom stereocenters. The molecule has 1 fully saturated rings. The van der Waals surface area contributed by atoms with Crippen LogP contribution in [0.2, 0.25) is 0 Å². The Hall–Kier alpha value is -2.00. The molecular formula is C22H28N4O2S2. The molecule has 0 aliphatic carbocycles. The Balaban J connectivity index is 1.56. The van der Waals surface area contributed by atoms with Crippen molar-refractivity contribution in [1.29, 1.82) is 0 Å². The second-order valence-corrected chi connectivity index (χ2v) is 9.89. The molecule has 0 radical (unpaired) electrons. The lowest BCUT2D eigenvalue weighted by molar-refractivity contribution is 0.0229. The summed E-state index contributed by atoms with van der Waals surface area (Å²) in [6, 6.07) is 12.3. The van der Waals surface area contributed by atoms with Gasteiger partial charge in [0, 0.05) is 46.3 Å². The van der Waals surface area contributed by atoms with Gasteiger partial charge in [-0.15, -0.1) is 11.3 Å². The number of thiophene rings is 1. The number of morpholine rings is 1. The molecule has 3 aromatic rings. The van der Waals surface area contributed by atoms with Crippen molar-refractivity contribution in [1.82, 2.24) is 14.8 Å². The van der Waals surface area contributed by atoms with Crippen LogP contribution < -0.4 is 4.90 Å². The Labute approximate surface area is 185 Å². The van der Waals surface area contributed by atoms with E-state index in [9.17, 15) is 4.79 Å². The van der Waals surface area contributed by atoms with Gasteiger partial charge in [-0.1, -0.05) is 41.7 Å². The molecule has 1 unspecified atom stereocenters. The molecule has 0 N–H and O–H groups in total. The zero-order valence-electron chi connectivity index (χ0n) is 17.7. The number of hydrogen-bond acceptors (Lipinski definition) is 7. The SMILES string of the molecule is CC(CN1CCOCC1)N(Cc1ccccc1)C(=O)c1cc2sc(N(C)C)nc2s1. The molecule has 1 aromatic carbocycles. The molecule has 6 nitrogen and oxygen atoms in total. The van der Waals surface area contributed by atoms with Crippen molar-refractivity contribution < 1.29 is 9.53 Å². The molecule has 4 rings (SSSR count). The first kappa shape index (κ1) is 21.2. The van der Waals surface area contributed by atoms with Crippen molar-refractivity contribution in [3.05, 3.63) is 46.8 Å². The van der Waals surface area contributed by atoms with E-state index < -0.39 is 0 Å². The summed E-state index contributed by atoms with van der Waals surface area (Å²) in [6.07, 6.45) is 0. The van der Waals surface area contributed by atoms with Crippen molar-refractivity contribution in [3.8, 4) is 0 Å². The first-order valence-electron chi connectivity index (χ1n) is 10.2. The quantitative estimate of drug-likeness (QED) is 0.555. The van der Waals surface area contributed by atoms with Crippen LogP contribution in [0.5, 0.6) is 0 Å². The molecule has 8 heteroatoms. The molecule has 1 aliphatic rings. The molecular weight excluding hydrogens is 416 g/mol. The lowest BCUT2D eigenvalue weighted by Crippen LogP contribution is -2.47. The summed E-state index contributed by atoms with van der Waals surface area (Å²) in [6.45, 7) is 6.97. The van der Waals surface area contributed by atoms with Crippen LogP contribution in [-0.2, 0) is 11.3 Å². The highest BCUT2D eigenvalue weighted by atomic mass is 32.1. The standard InChI is InChI=1S/C22H28N4O2S2/c1-16(14-25-9-11-28-12-10-25)26(15-17-7-5-4-6-8-17)21(27)19-13-18-20(29-19)23-22(30-18)24(2)3/h4-8,13,16H,9-12,14-15H2,1-3H3. The third-order valence-electron chi connectivity index (χ3n) is 5.29. The Morgan fingerprint density at radius 3 is 2.60 bits per heavy atom. The maximum Gasteiger partial charge on any atom is 0.264 e. The fourth-order valence-corrected chi connectivity index (χ4v) is 5.72. The van der Waals surface area contributed by atoms with Gasteiger partial charge in [-0.3, -0.25) is 9.69 Å². The molecule has 3 heterocycles. The summed E-state index contributed by atoms with van der Waals surface area (Å²) in [7, 11) is 3.98. The van der Waals surface area contributed by atoms with Gasteiger partial charge in [0.25, 0.3) is 5.91 Å². The summed E-state index contributed by atoms with van der Waals surface area (Å²) >= 11 is 3.12. The van der Waals surface area contributed by atoms with Crippen LogP contribution in [0.25, 0.3) is 9.53 Å². The molecule has 1 saturated heterocycles. The first-order chi connectivity index (χ1) is 14.5. The number of fused-ring (bicyclic) bond motifs is 1.